The molecule has 0 atom stereocenters. The number of amides is 1. The van der Waals surface area contributed by atoms with Crippen LogP contribution in [0.1, 0.15) is 15.9 Å². The summed E-state index contributed by atoms with van der Waals surface area (Å²) in [5.74, 6) is 1.11. The molecule has 0 aromatic heterocycles. The molecule has 22 heavy (non-hydrogen) atoms. The number of nitrogens with one attached hydrogen (secondary N) is 1. The van der Waals surface area contributed by atoms with Gasteiger partial charge >= 0.3 is 0 Å². The van der Waals surface area contributed by atoms with Gasteiger partial charge in [-0.25, -0.2) is 0 Å². The molecule has 0 aliphatic rings. The van der Waals surface area contributed by atoms with E-state index in [1.807, 2.05) is 24.3 Å². The first kappa shape index (κ1) is 16.2. The van der Waals surface area contributed by atoms with Crippen LogP contribution in [0.15, 0.2) is 42.5 Å². The second-order valence-electron chi connectivity index (χ2n) is 4.70. The first-order valence-corrected chi connectivity index (χ1v) is 7.26. The summed E-state index contributed by atoms with van der Waals surface area (Å²) in [5, 5.41) is 3.41. The zero-order valence-corrected chi connectivity index (χ0v) is 13.3. The molecule has 0 saturated heterocycles. The zero-order chi connectivity index (χ0) is 15.9. The third kappa shape index (κ3) is 4.15. The van der Waals surface area contributed by atoms with Gasteiger partial charge in [-0.15, -0.1) is 0 Å². The molecule has 0 heterocycles. The van der Waals surface area contributed by atoms with Crippen LogP contribution in [0.2, 0.25) is 5.02 Å². The third-order valence-electron chi connectivity index (χ3n) is 3.27. The summed E-state index contributed by atoms with van der Waals surface area (Å²) in [6.07, 6.45) is 0.742. The van der Waals surface area contributed by atoms with E-state index < -0.39 is 0 Å². The van der Waals surface area contributed by atoms with Crippen LogP contribution < -0.4 is 14.8 Å². The monoisotopic (exact) mass is 319 g/mol. The highest BCUT2D eigenvalue weighted by Gasteiger charge is 2.12. The molecule has 0 bridgehead atoms. The molecule has 1 N–H and O–H groups in total. The van der Waals surface area contributed by atoms with E-state index in [0.29, 0.717) is 22.9 Å². The number of rotatable bonds is 6. The Bertz CT molecular complexity index is 641. The summed E-state index contributed by atoms with van der Waals surface area (Å²) in [4.78, 5) is 12.2. The van der Waals surface area contributed by atoms with Crippen molar-refractivity contribution in [3.8, 4) is 11.5 Å². The molecule has 0 fully saturated rings. The molecular weight excluding hydrogens is 302 g/mol. The Labute approximate surface area is 135 Å². The minimum absolute atomic E-state index is 0.179. The number of ether oxygens (including phenoxy) is 2. The molecule has 0 radical (unpaired) electrons. The maximum Gasteiger partial charge on any atom is 0.255 e. The standard InChI is InChI=1S/C17H18ClNO3/c1-21-14-6-3-12(4-7-14)9-10-19-17(20)15-8-5-13(18)11-16(15)22-2/h3-8,11H,9-10H2,1-2H3,(H,19,20). The van der Waals surface area contributed by atoms with Gasteiger partial charge in [-0.3, -0.25) is 4.79 Å². The summed E-state index contributed by atoms with van der Waals surface area (Å²) in [6, 6.07) is 12.7. The molecule has 0 unspecified atom stereocenters. The predicted molar refractivity (Wildman–Crippen MR) is 87.0 cm³/mol. The smallest absolute Gasteiger partial charge is 0.255 e. The third-order valence-corrected chi connectivity index (χ3v) is 3.50. The topological polar surface area (TPSA) is 47.6 Å². The van der Waals surface area contributed by atoms with Gasteiger partial charge in [-0.2, -0.15) is 0 Å². The van der Waals surface area contributed by atoms with Gasteiger partial charge < -0.3 is 14.8 Å². The summed E-state index contributed by atoms with van der Waals surface area (Å²) in [5.41, 5.74) is 1.60. The van der Waals surface area contributed by atoms with E-state index in [0.717, 1.165) is 17.7 Å². The van der Waals surface area contributed by atoms with Crippen LogP contribution >= 0.6 is 11.6 Å². The number of carbonyl (C=O) groups excluding carboxylic acids is 1. The molecule has 2 aromatic carbocycles. The average Bonchev–Trinajstić information content (AvgIpc) is 2.55. The Balaban J connectivity index is 1.92. The quantitative estimate of drug-likeness (QED) is 0.888. The van der Waals surface area contributed by atoms with Gasteiger partial charge in [0.15, 0.2) is 0 Å². The normalized spacial score (nSPS) is 10.1. The van der Waals surface area contributed by atoms with Crippen LogP contribution in [0.4, 0.5) is 0 Å². The van der Waals surface area contributed by atoms with Gasteiger partial charge in [0.1, 0.15) is 11.5 Å². The highest BCUT2D eigenvalue weighted by Crippen LogP contribution is 2.22. The van der Waals surface area contributed by atoms with E-state index >= 15 is 0 Å². The molecule has 4 nitrogen and oxygen atoms in total. The average molecular weight is 320 g/mol. The van der Waals surface area contributed by atoms with Crippen molar-refractivity contribution < 1.29 is 14.3 Å². The minimum Gasteiger partial charge on any atom is -0.497 e. The minimum atomic E-state index is -0.179. The van der Waals surface area contributed by atoms with E-state index in [1.54, 1.807) is 25.3 Å². The van der Waals surface area contributed by atoms with Crippen molar-refractivity contribution in [3.63, 3.8) is 0 Å². The van der Waals surface area contributed by atoms with Crippen LogP contribution in [0.3, 0.4) is 0 Å². The fourth-order valence-electron chi connectivity index (χ4n) is 2.06. The lowest BCUT2D eigenvalue weighted by atomic mass is 10.1. The molecule has 0 aliphatic carbocycles. The fourth-order valence-corrected chi connectivity index (χ4v) is 2.22. The van der Waals surface area contributed by atoms with Crippen LogP contribution in [0, 0.1) is 0 Å². The van der Waals surface area contributed by atoms with Crippen LogP contribution in [0.5, 0.6) is 11.5 Å². The maximum absolute atomic E-state index is 12.2. The number of hydrogen-bond donors (Lipinski definition) is 1. The second-order valence-corrected chi connectivity index (χ2v) is 5.14. The Morgan fingerprint density at radius 3 is 2.45 bits per heavy atom. The van der Waals surface area contributed by atoms with E-state index in [-0.39, 0.29) is 5.91 Å². The van der Waals surface area contributed by atoms with Gasteiger partial charge in [0.25, 0.3) is 5.91 Å². The molecular formula is C17H18ClNO3. The summed E-state index contributed by atoms with van der Waals surface area (Å²) < 4.78 is 10.3. The van der Waals surface area contributed by atoms with Gasteiger partial charge in [-0.1, -0.05) is 23.7 Å². The van der Waals surface area contributed by atoms with Crippen LogP contribution in [-0.4, -0.2) is 26.7 Å². The second kappa shape index (κ2) is 7.71. The molecule has 0 aliphatic heterocycles. The number of benzene rings is 2. The Kier molecular flexibility index (Phi) is 5.67. The molecule has 0 spiro atoms. The van der Waals surface area contributed by atoms with E-state index in [1.165, 1.54) is 7.11 Å². The Hall–Kier alpha value is -2.20. The molecule has 2 rings (SSSR count). The number of carbonyl (C=O) groups is 1. The summed E-state index contributed by atoms with van der Waals surface area (Å²) in [7, 11) is 3.15. The Morgan fingerprint density at radius 1 is 1.09 bits per heavy atom. The lowest BCUT2D eigenvalue weighted by Gasteiger charge is -2.10. The molecule has 116 valence electrons. The van der Waals surface area contributed by atoms with E-state index in [9.17, 15) is 4.79 Å². The summed E-state index contributed by atoms with van der Waals surface area (Å²) in [6.45, 7) is 0.539. The van der Waals surface area contributed by atoms with Gasteiger partial charge in [0.05, 0.1) is 19.8 Å². The van der Waals surface area contributed by atoms with Gasteiger partial charge in [0, 0.05) is 11.6 Å². The maximum atomic E-state index is 12.2. The highest BCUT2D eigenvalue weighted by molar-refractivity contribution is 6.30. The van der Waals surface area contributed by atoms with E-state index in [2.05, 4.69) is 5.32 Å². The lowest BCUT2D eigenvalue weighted by molar-refractivity contribution is 0.0951. The first-order valence-electron chi connectivity index (χ1n) is 6.88. The van der Waals surface area contributed by atoms with Crippen molar-refractivity contribution in [1.82, 2.24) is 5.32 Å². The van der Waals surface area contributed by atoms with Gasteiger partial charge in [0.2, 0.25) is 0 Å². The highest BCUT2D eigenvalue weighted by atomic mass is 35.5. The molecule has 5 heteroatoms. The van der Waals surface area contributed by atoms with E-state index in [4.69, 9.17) is 21.1 Å². The zero-order valence-electron chi connectivity index (χ0n) is 12.6. The lowest BCUT2D eigenvalue weighted by Crippen LogP contribution is -2.26. The first-order chi connectivity index (χ1) is 10.6. The SMILES string of the molecule is COc1ccc(CCNC(=O)c2ccc(Cl)cc2OC)cc1. The summed E-state index contributed by atoms with van der Waals surface area (Å²) >= 11 is 5.89. The van der Waals surface area contributed by atoms with Crippen LogP contribution in [0.25, 0.3) is 0 Å². The molecule has 1 amide bonds. The van der Waals surface area contributed by atoms with Crippen molar-refractivity contribution in [3.05, 3.63) is 58.6 Å². The van der Waals surface area contributed by atoms with Crippen molar-refractivity contribution >= 4 is 17.5 Å². The van der Waals surface area contributed by atoms with Crippen LogP contribution in [-0.2, 0) is 6.42 Å². The Morgan fingerprint density at radius 2 is 1.82 bits per heavy atom. The van der Waals surface area contributed by atoms with Crippen molar-refractivity contribution in [1.29, 1.82) is 0 Å². The largest absolute Gasteiger partial charge is 0.497 e. The number of halogens is 1. The fraction of sp³-hybridized carbons (Fsp3) is 0.235. The number of hydrogen-bond acceptors (Lipinski definition) is 3. The predicted octanol–water partition coefficient (Wildman–Crippen LogP) is 3.33. The van der Waals surface area contributed by atoms with Crippen molar-refractivity contribution in [2.24, 2.45) is 0 Å². The van der Waals surface area contributed by atoms with Crippen molar-refractivity contribution in [2.45, 2.75) is 6.42 Å². The molecule has 2 aromatic rings. The van der Waals surface area contributed by atoms with Crippen molar-refractivity contribution in [2.75, 3.05) is 20.8 Å². The number of methoxy groups -OCH3 is 2. The van der Waals surface area contributed by atoms with Gasteiger partial charge in [-0.05, 0) is 42.3 Å². The molecule has 0 saturated carbocycles.